The number of nitro groups is 1. The average molecular weight is 657 g/mol. The van der Waals surface area contributed by atoms with Gasteiger partial charge in [0, 0.05) is 34.3 Å². The molecule has 0 saturated carbocycles. The van der Waals surface area contributed by atoms with E-state index in [0.717, 1.165) is 33.5 Å². The summed E-state index contributed by atoms with van der Waals surface area (Å²) in [6.45, 7) is 8.62. The fourth-order valence-electron chi connectivity index (χ4n) is 8.25. The summed E-state index contributed by atoms with van der Waals surface area (Å²) in [5.74, 6) is -0.190. The van der Waals surface area contributed by atoms with E-state index in [1.54, 1.807) is 12.1 Å². The number of nitrogens with zero attached hydrogens (tertiary/aromatic N) is 2. The van der Waals surface area contributed by atoms with E-state index in [-0.39, 0.29) is 11.6 Å². The maximum Gasteiger partial charge on any atom is 0.269 e. The number of anilines is 1. The Balaban J connectivity index is 1.53. The molecular formula is C45H40N2O3. The number of benzene rings is 6. The van der Waals surface area contributed by atoms with E-state index >= 15 is 0 Å². The highest BCUT2D eigenvalue weighted by molar-refractivity contribution is 6.08. The number of hydrogen-bond acceptors (Lipinski definition) is 3. The van der Waals surface area contributed by atoms with Crippen LogP contribution in [0.25, 0.3) is 0 Å². The van der Waals surface area contributed by atoms with E-state index in [1.807, 2.05) is 4.90 Å². The van der Waals surface area contributed by atoms with E-state index in [2.05, 4.69) is 161 Å². The first-order valence-corrected chi connectivity index (χ1v) is 17.0. The number of nitro benzene ring substituents is 1. The van der Waals surface area contributed by atoms with E-state index in [0.29, 0.717) is 12.0 Å². The van der Waals surface area contributed by atoms with Crippen molar-refractivity contribution in [1.29, 1.82) is 0 Å². The van der Waals surface area contributed by atoms with Gasteiger partial charge in [0.2, 0.25) is 0 Å². The van der Waals surface area contributed by atoms with Crippen molar-refractivity contribution in [1.82, 2.24) is 0 Å². The lowest BCUT2D eigenvalue weighted by Gasteiger charge is -2.52. The number of fused-ring (bicyclic) bond motifs is 1. The Hall–Kier alpha value is -5.81. The number of carbonyl (C=O) groups is 1. The monoisotopic (exact) mass is 656 g/mol. The van der Waals surface area contributed by atoms with Crippen LogP contribution in [0.3, 0.4) is 0 Å². The summed E-state index contributed by atoms with van der Waals surface area (Å²) in [7, 11) is 0. The second kappa shape index (κ2) is 12.6. The predicted octanol–water partition coefficient (Wildman–Crippen LogP) is 10.4. The number of carbonyl (C=O) groups excluding carboxylic acids is 1. The first kappa shape index (κ1) is 32.7. The molecule has 0 saturated heterocycles. The molecule has 1 unspecified atom stereocenters. The molecule has 7 rings (SSSR count). The molecule has 1 heterocycles. The fraction of sp³-hybridized carbons (Fsp3) is 0.178. The Morgan fingerprint density at radius 2 is 1.16 bits per heavy atom. The van der Waals surface area contributed by atoms with E-state index < -0.39 is 21.3 Å². The van der Waals surface area contributed by atoms with Gasteiger partial charge in [-0.2, -0.15) is 0 Å². The van der Waals surface area contributed by atoms with Gasteiger partial charge in [-0.25, -0.2) is 0 Å². The van der Waals surface area contributed by atoms with Crippen LogP contribution in [0.5, 0.6) is 0 Å². The standard InChI is InChI=1S/C45H40N2O3/c1-32-20-24-34(25-21-32)44(4)31-43(2,3)46(42(48)33-22-27-39(28-23-33)47(49)50)41-29-26-38(30-40(41)44)45(35-14-8-5-9-15-35,36-16-10-6-11-17-36)37-18-12-7-13-19-37/h5-30H,31H2,1-4H3. The zero-order chi connectivity index (χ0) is 35.1. The van der Waals surface area contributed by atoms with Crippen LogP contribution in [0.4, 0.5) is 11.4 Å². The molecule has 0 aliphatic carbocycles. The smallest absolute Gasteiger partial charge is 0.269 e. The molecule has 1 atom stereocenters. The highest BCUT2D eigenvalue weighted by atomic mass is 16.6. The van der Waals surface area contributed by atoms with Crippen LogP contribution >= 0.6 is 0 Å². The van der Waals surface area contributed by atoms with Gasteiger partial charge in [-0.15, -0.1) is 0 Å². The molecule has 0 radical (unpaired) electrons. The van der Waals surface area contributed by atoms with Crippen LogP contribution in [-0.4, -0.2) is 16.4 Å². The summed E-state index contributed by atoms with van der Waals surface area (Å²) in [6, 6.07) is 53.2. The number of hydrogen-bond donors (Lipinski definition) is 0. The zero-order valence-electron chi connectivity index (χ0n) is 28.8. The van der Waals surface area contributed by atoms with Crippen molar-refractivity contribution in [3.8, 4) is 0 Å². The molecule has 0 N–H and O–H groups in total. The molecule has 0 fully saturated rings. The number of aryl methyl sites for hydroxylation is 1. The minimum absolute atomic E-state index is 0.0458. The highest BCUT2D eigenvalue weighted by Crippen LogP contribution is 2.54. The molecule has 6 aromatic rings. The zero-order valence-corrected chi connectivity index (χ0v) is 28.8. The quantitative estimate of drug-likeness (QED) is 0.0976. The van der Waals surface area contributed by atoms with Gasteiger partial charge in [-0.3, -0.25) is 14.9 Å². The van der Waals surface area contributed by atoms with Gasteiger partial charge in [0.15, 0.2) is 0 Å². The molecule has 1 amide bonds. The molecule has 6 aromatic carbocycles. The van der Waals surface area contributed by atoms with Crippen molar-refractivity contribution in [3.63, 3.8) is 0 Å². The Labute approximate surface area is 294 Å². The Morgan fingerprint density at radius 1 is 0.660 bits per heavy atom. The van der Waals surface area contributed by atoms with E-state index in [9.17, 15) is 14.9 Å². The summed E-state index contributed by atoms with van der Waals surface area (Å²) >= 11 is 0. The summed E-state index contributed by atoms with van der Waals surface area (Å²) in [4.78, 5) is 27.4. The van der Waals surface area contributed by atoms with E-state index in [4.69, 9.17) is 0 Å². The minimum atomic E-state index is -0.660. The molecule has 5 nitrogen and oxygen atoms in total. The largest absolute Gasteiger partial charge is 0.302 e. The van der Waals surface area contributed by atoms with Gasteiger partial charge in [0.25, 0.3) is 11.6 Å². The normalized spacial score (nSPS) is 16.8. The van der Waals surface area contributed by atoms with Crippen LogP contribution in [-0.2, 0) is 10.8 Å². The average Bonchev–Trinajstić information content (AvgIpc) is 3.13. The van der Waals surface area contributed by atoms with Gasteiger partial charge in [-0.05, 0) is 78.8 Å². The maximum absolute atomic E-state index is 14.6. The number of amides is 1. The lowest BCUT2D eigenvalue weighted by atomic mass is 9.61. The summed E-state index contributed by atoms with van der Waals surface area (Å²) < 4.78 is 0. The lowest BCUT2D eigenvalue weighted by molar-refractivity contribution is -0.384. The molecule has 1 aliphatic rings. The highest BCUT2D eigenvalue weighted by Gasteiger charge is 2.49. The fourth-order valence-corrected chi connectivity index (χ4v) is 8.25. The first-order chi connectivity index (χ1) is 24.1. The Kier molecular flexibility index (Phi) is 8.23. The maximum atomic E-state index is 14.6. The van der Waals surface area contributed by atoms with Gasteiger partial charge in [-0.1, -0.05) is 140 Å². The van der Waals surface area contributed by atoms with Crippen LogP contribution < -0.4 is 4.90 Å². The molecule has 0 aromatic heterocycles. The molecular weight excluding hydrogens is 617 g/mol. The minimum Gasteiger partial charge on any atom is -0.302 e. The molecule has 50 heavy (non-hydrogen) atoms. The number of rotatable bonds is 7. The van der Waals surface area contributed by atoms with Gasteiger partial charge >= 0.3 is 0 Å². The molecule has 0 spiro atoms. The van der Waals surface area contributed by atoms with Crippen molar-refractivity contribution in [2.75, 3.05) is 4.90 Å². The van der Waals surface area contributed by atoms with Crippen LogP contribution in [0.1, 0.15) is 76.5 Å². The lowest BCUT2D eigenvalue weighted by Crippen LogP contribution is -2.56. The third kappa shape index (κ3) is 5.39. The van der Waals surface area contributed by atoms with Crippen molar-refractivity contribution >= 4 is 17.3 Å². The van der Waals surface area contributed by atoms with Crippen LogP contribution in [0, 0.1) is 17.0 Å². The molecule has 1 aliphatic heterocycles. The Morgan fingerprint density at radius 3 is 1.64 bits per heavy atom. The topological polar surface area (TPSA) is 63.5 Å². The first-order valence-electron chi connectivity index (χ1n) is 17.0. The third-order valence-corrected chi connectivity index (χ3v) is 10.5. The Bertz CT molecular complexity index is 2060. The third-order valence-electron chi connectivity index (χ3n) is 10.5. The summed E-state index contributed by atoms with van der Waals surface area (Å²) in [5, 5.41) is 11.4. The molecule has 5 heteroatoms. The van der Waals surface area contributed by atoms with Crippen molar-refractivity contribution < 1.29 is 9.72 Å². The second-order valence-electron chi connectivity index (χ2n) is 14.2. The van der Waals surface area contributed by atoms with Gasteiger partial charge < -0.3 is 4.90 Å². The summed E-state index contributed by atoms with van der Waals surface area (Å²) in [5.41, 5.74) is 7.44. The number of non-ortho nitro benzene ring substituents is 1. The van der Waals surface area contributed by atoms with E-state index in [1.165, 1.54) is 23.3 Å². The molecule has 0 bridgehead atoms. The van der Waals surface area contributed by atoms with Gasteiger partial charge in [0.05, 0.1) is 10.3 Å². The summed E-state index contributed by atoms with van der Waals surface area (Å²) in [6.07, 6.45) is 0.660. The van der Waals surface area contributed by atoms with Crippen molar-refractivity contribution in [2.45, 2.75) is 50.5 Å². The van der Waals surface area contributed by atoms with Crippen molar-refractivity contribution in [2.24, 2.45) is 0 Å². The van der Waals surface area contributed by atoms with Gasteiger partial charge in [0.1, 0.15) is 0 Å². The predicted molar refractivity (Wildman–Crippen MR) is 201 cm³/mol. The van der Waals surface area contributed by atoms with Crippen LogP contribution in [0.15, 0.2) is 158 Å². The second-order valence-corrected chi connectivity index (χ2v) is 14.2. The SMILES string of the molecule is Cc1ccc(C2(C)CC(C)(C)N(C(=O)c3ccc([N+](=O)[O-])cc3)c3ccc(C(c4ccccc4)(c4ccccc4)c4ccccc4)cc32)cc1. The molecule has 248 valence electrons. The van der Waals surface area contributed by atoms with Crippen molar-refractivity contribution in [3.05, 3.63) is 212 Å². The van der Waals surface area contributed by atoms with Crippen LogP contribution in [0.2, 0.25) is 0 Å².